The monoisotopic (exact) mass is 277 g/mol. The highest BCUT2D eigenvalue weighted by Crippen LogP contribution is 2.23. The van der Waals surface area contributed by atoms with Gasteiger partial charge in [0.05, 0.1) is 11.3 Å². The average molecular weight is 277 g/mol. The Labute approximate surface area is 122 Å². The molecule has 112 valence electrons. The predicted octanol–water partition coefficient (Wildman–Crippen LogP) is 2.50. The molecule has 1 heterocycles. The minimum Gasteiger partial charge on any atom is -0.384 e. The molecular weight excluding hydrogens is 250 g/mol. The summed E-state index contributed by atoms with van der Waals surface area (Å²) in [4.78, 5) is 2.20. The molecule has 0 aliphatic carbocycles. The quantitative estimate of drug-likeness (QED) is 0.618. The standard InChI is InChI=1S/C15H27N5/c1-9(2)7-20(8-10(3)4)15-13(14(16)17)11(5)12(6)18-19-15/h9-10H,7-8H2,1-6H3,(H3,16,17). The van der Waals surface area contributed by atoms with Crippen molar-refractivity contribution in [2.75, 3.05) is 18.0 Å². The topological polar surface area (TPSA) is 78.9 Å². The second-order valence-corrected chi connectivity index (χ2v) is 6.22. The van der Waals surface area contributed by atoms with Gasteiger partial charge in [0.25, 0.3) is 0 Å². The van der Waals surface area contributed by atoms with Crippen LogP contribution in [0.1, 0.15) is 44.5 Å². The number of hydrogen-bond donors (Lipinski definition) is 2. The summed E-state index contributed by atoms with van der Waals surface area (Å²) in [5.74, 6) is 1.82. The van der Waals surface area contributed by atoms with E-state index in [4.69, 9.17) is 11.1 Å². The van der Waals surface area contributed by atoms with Gasteiger partial charge in [0.15, 0.2) is 5.82 Å². The zero-order valence-corrected chi connectivity index (χ0v) is 13.5. The Kier molecular flexibility index (Phi) is 5.48. The molecule has 0 aliphatic heterocycles. The molecule has 0 bridgehead atoms. The molecule has 20 heavy (non-hydrogen) atoms. The summed E-state index contributed by atoms with van der Waals surface area (Å²) in [6, 6.07) is 0. The van der Waals surface area contributed by atoms with Crippen molar-refractivity contribution in [3.05, 3.63) is 16.8 Å². The molecule has 0 unspecified atom stereocenters. The molecule has 0 amide bonds. The number of aromatic nitrogens is 2. The third-order valence-electron chi connectivity index (χ3n) is 3.18. The number of hydrogen-bond acceptors (Lipinski definition) is 4. The van der Waals surface area contributed by atoms with Crippen molar-refractivity contribution in [1.82, 2.24) is 10.2 Å². The first-order valence-corrected chi connectivity index (χ1v) is 7.17. The molecule has 5 heteroatoms. The molecule has 0 atom stereocenters. The normalized spacial score (nSPS) is 11.2. The van der Waals surface area contributed by atoms with Crippen molar-refractivity contribution < 1.29 is 0 Å². The van der Waals surface area contributed by atoms with Crippen LogP contribution < -0.4 is 10.6 Å². The van der Waals surface area contributed by atoms with E-state index in [1.165, 1.54) is 0 Å². The Balaban J connectivity index is 3.31. The van der Waals surface area contributed by atoms with Crippen molar-refractivity contribution in [3.8, 4) is 0 Å². The molecule has 5 nitrogen and oxygen atoms in total. The largest absolute Gasteiger partial charge is 0.384 e. The molecule has 0 aromatic carbocycles. The number of amidine groups is 1. The van der Waals surface area contributed by atoms with Crippen molar-refractivity contribution in [2.45, 2.75) is 41.5 Å². The van der Waals surface area contributed by atoms with E-state index in [1.54, 1.807) is 0 Å². The number of nitrogens with zero attached hydrogens (tertiary/aromatic N) is 3. The zero-order valence-electron chi connectivity index (χ0n) is 13.5. The Morgan fingerprint density at radius 1 is 1.10 bits per heavy atom. The van der Waals surface area contributed by atoms with Crippen LogP contribution >= 0.6 is 0 Å². The lowest BCUT2D eigenvalue weighted by molar-refractivity contribution is 0.546. The van der Waals surface area contributed by atoms with E-state index < -0.39 is 0 Å². The molecule has 0 fully saturated rings. The second kappa shape index (κ2) is 6.68. The van der Waals surface area contributed by atoms with E-state index in [2.05, 4.69) is 42.8 Å². The molecule has 1 aromatic heterocycles. The van der Waals surface area contributed by atoms with Crippen molar-refractivity contribution >= 4 is 11.7 Å². The van der Waals surface area contributed by atoms with Crippen LogP contribution in [0.25, 0.3) is 0 Å². The number of rotatable bonds is 6. The molecule has 0 radical (unpaired) electrons. The van der Waals surface area contributed by atoms with Gasteiger partial charge in [0, 0.05) is 13.1 Å². The van der Waals surface area contributed by atoms with Gasteiger partial charge in [0.1, 0.15) is 5.84 Å². The highest BCUT2D eigenvalue weighted by atomic mass is 15.3. The summed E-state index contributed by atoms with van der Waals surface area (Å²) in [6.07, 6.45) is 0. The fourth-order valence-corrected chi connectivity index (χ4v) is 2.27. The minimum absolute atomic E-state index is 0.0630. The SMILES string of the molecule is Cc1nnc(N(CC(C)C)CC(C)C)c(C(=N)N)c1C. The fourth-order valence-electron chi connectivity index (χ4n) is 2.27. The number of nitrogens with one attached hydrogen (secondary N) is 1. The van der Waals surface area contributed by atoms with E-state index in [0.29, 0.717) is 11.8 Å². The van der Waals surface area contributed by atoms with Crippen LogP contribution in [-0.4, -0.2) is 29.1 Å². The lowest BCUT2D eigenvalue weighted by Crippen LogP contribution is -2.34. The minimum atomic E-state index is 0.0630. The average Bonchev–Trinajstić information content (AvgIpc) is 2.29. The Morgan fingerprint density at radius 3 is 2.00 bits per heavy atom. The lowest BCUT2D eigenvalue weighted by atomic mass is 10.1. The van der Waals surface area contributed by atoms with Gasteiger partial charge in [-0.25, -0.2) is 0 Å². The molecule has 1 aromatic rings. The maximum atomic E-state index is 7.86. The smallest absolute Gasteiger partial charge is 0.162 e. The van der Waals surface area contributed by atoms with Crippen LogP contribution in [-0.2, 0) is 0 Å². The van der Waals surface area contributed by atoms with Gasteiger partial charge in [-0.1, -0.05) is 27.7 Å². The van der Waals surface area contributed by atoms with Crippen LogP contribution in [0.3, 0.4) is 0 Å². The Morgan fingerprint density at radius 2 is 1.60 bits per heavy atom. The van der Waals surface area contributed by atoms with Gasteiger partial charge >= 0.3 is 0 Å². The third-order valence-corrected chi connectivity index (χ3v) is 3.18. The van der Waals surface area contributed by atoms with Crippen LogP contribution in [0, 0.1) is 31.1 Å². The maximum absolute atomic E-state index is 7.86. The molecule has 0 saturated heterocycles. The van der Waals surface area contributed by atoms with Gasteiger partial charge in [0.2, 0.25) is 0 Å². The summed E-state index contributed by atoms with van der Waals surface area (Å²) >= 11 is 0. The lowest BCUT2D eigenvalue weighted by Gasteiger charge is -2.29. The Hall–Kier alpha value is -1.65. The fraction of sp³-hybridized carbons (Fsp3) is 0.667. The summed E-state index contributed by atoms with van der Waals surface area (Å²) in [5.41, 5.74) is 8.26. The van der Waals surface area contributed by atoms with Crippen molar-refractivity contribution in [3.63, 3.8) is 0 Å². The molecule has 0 spiro atoms. The predicted molar refractivity (Wildman–Crippen MR) is 84.4 cm³/mol. The van der Waals surface area contributed by atoms with Gasteiger partial charge in [-0.05, 0) is 31.2 Å². The molecule has 0 saturated carbocycles. The van der Waals surface area contributed by atoms with Crippen molar-refractivity contribution in [1.29, 1.82) is 5.41 Å². The number of aryl methyl sites for hydroxylation is 1. The van der Waals surface area contributed by atoms with E-state index in [1.807, 2.05) is 13.8 Å². The van der Waals surface area contributed by atoms with Gasteiger partial charge in [-0.2, -0.15) is 5.10 Å². The second-order valence-electron chi connectivity index (χ2n) is 6.22. The highest BCUT2D eigenvalue weighted by molar-refractivity contribution is 6.01. The highest BCUT2D eigenvalue weighted by Gasteiger charge is 2.20. The number of nitrogen functional groups attached to an aromatic ring is 1. The zero-order chi connectivity index (χ0) is 15.4. The van der Waals surface area contributed by atoms with E-state index in [0.717, 1.165) is 35.7 Å². The maximum Gasteiger partial charge on any atom is 0.162 e. The first-order chi connectivity index (χ1) is 9.23. The van der Waals surface area contributed by atoms with Crippen LogP contribution in [0.15, 0.2) is 0 Å². The Bertz CT molecular complexity index is 469. The van der Waals surface area contributed by atoms with Crippen LogP contribution in [0.5, 0.6) is 0 Å². The molecule has 1 rings (SSSR count). The summed E-state index contributed by atoms with van der Waals surface area (Å²) in [6.45, 7) is 14.3. The molecule has 0 aliphatic rings. The summed E-state index contributed by atoms with van der Waals surface area (Å²) < 4.78 is 0. The number of anilines is 1. The molecule has 3 N–H and O–H groups in total. The van der Waals surface area contributed by atoms with Gasteiger partial charge in [-0.3, -0.25) is 5.41 Å². The van der Waals surface area contributed by atoms with Crippen LogP contribution in [0.4, 0.5) is 5.82 Å². The van der Waals surface area contributed by atoms with E-state index >= 15 is 0 Å². The van der Waals surface area contributed by atoms with E-state index in [9.17, 15) is 0 Å². The van der Waals surface area contributed by atoms with Crippen molar-refractivity contribution in [2.24, 2.45) is 17.6 Å². The summed E-state index contributed by atoms with van der Waals surface area (Å²) in [5, 5.41) is 16.4. The third kappa shape index (κ3) is 3.92. The van der Waals surface area contributed by atoms with Gasteiger partial charge < -0.3 is 10.6 Å². The van der Waals surface area contributed by atoms with Crippen LogP contribution in [0.2, 0.25) is 0 Å². The van der Waals surface area contributed by atoms with E-state index in [-0.39, 0.29) is 5.84 Å². The summed E-state index contributed by atoms with van der Waals surface area (Å²) in [7, 11) is 0. The first kappa shape index (κ1) is 16.4. The first-order valence-electron chi connectivity index (χ1n) is 7.17. The molecular formula is C15H27N5. The number of nitrogens with two attached hydrogens (primary N) is 1. The van der Waals surface area contributed by atoms with Gasteiger partial charge in [-0.15, -0.1) is 5.10 Å².